The van der Waals surface area contributed by atoms with E-state index in [1.165, 1.54) is 6.07 Å². The Kier molecular flexibility index (Phi) is 4.19. The molecule has 5 heteroatoms. The largest absolute Gasteiger partial charge is 0.481 e. The van der Waals surface area contributed by atoms with E-state index in [2.05, 4.69) is 4.90 Å². The van der Waals surface area contributed by atoms with Gasteiger partial charge in [-0.1, -0.05) is 23.7 Å². The predicted molar refractivity (Wildman–Crippen MR) is 67.0 cm³/mol. The third kappa shape index (κ3) is 3.21. The third-order valence-electron chi connectivity index (χ3n) is 3.26. The Balaban J connectivity index is 1.95. The lowest BCUT2D eigenvalue weighted by Gasteiger charge is -2.16. The summed E-state index contributed by atoms with van der Waals surface area (Å²) in [5.74, 6) is -0.976. The Hall–Kier alpha value is -1.13. The van der Waals surface area contributed by atoms with Gasteiger partial charge in [0.05, 0.1) is 5.02 Å². The average Bonchev–Trinajstić information content (AvgIpc) is 2.71. The van der Waals surface area contributed by atoms with Crippen molar-refractivity contribution in [2.45, 2.75) is 19.4 Å². The summed E-state index contributed by atoms with van der Waals surface area (Å²) in [6.07, 6.45) is 1.08. The summed E-state index contributed by atoms with van der Waals surface area (Å²) < 4.78 is 13.3. The molecule has 1 heterocycles. The van der Waals surface area contributed by atoms with Crippen molar-refractivity contribution in [3.8, 4) is 0 Å². The number of carbonyl (C=O) groups is 1. The number of halogens is 2. The van der Waals surface area contributed by atoms with E-state index in [9.17, 15) is 9.18 Å². The van der Waals surface area contributed by atoms with Gasteiger partial charge >= 0.3 is 5.97 Å². The van der Waals surface area contributed by atoms with E-state index in [0.29, 0.717) is 6.54 Å². The highest BCUT2D eigenvalue weighted by atomic mass is 35.5. The molecule has 1 N–H and O–H groups in total. The molecule has 1 atom stereocenters. The minimum absolute atomic E-state index is 0.166. The molecule has 0 bridgehead atoms. The minimum Gasteiger partial charge on any atom is -0.481 e. The molecular formula is C13H15ClFNO2. The first-order chi connectivity index (χ1) is 8.56. The van der Waals surface area contributed by atoms with E-state index in [1.807, 2.05) is 0 Å². The number of benzene rings is 1. The van der Waals surface area contributed by atoms with Crippen LogP contribution in [0.1, 0.15) is 18.4 Å². The predicted octanol–water partition coefficient (Wildman–Crippen LogP) is 2.78. The van der Waals surface area contributed by atoms with Gasteiger partial charge < -0.3 is 5.11 Å². The van der Waals surface area contributed by atoms with Gasteiger partial charge in [-0.2, -0.15) is 0 Å². The van der Waals surface area contributed by atoms with Crippen LogP contribution in [0.15, 0.2) is 18.2 Å². The number of likely N-dealkylation sites (tertiary alicyclic amines) is 1. The van der Waals surface area contributed by atoms with E-state index in [4.69, 9.17) is 16.7 Å². The van der Waals surface area contributed by atoms with Gasteiger partial charge in [-0.15, -0.1) is 0 Å². The maximum Gasteiger partial charge on any atom is 0.303 e. The van der Waals surface area contributed by atoms with Gasteiger partial charge in [-0.25, -0.2) is 4.39 Å². The SMILES string of the molecule is O=C(O)CC1CCN(Cc2cccc(F)c2Cl)C1. The van der Waals surface area contributed by atoms with E-state index in [0.717, 1.165) is 25.1 Å². The maximum absolute atomic E-state index is 13.3. The molecular weight excluding hydrogens is 257 g/mol. The van der Waals surface area contributed by atoms with Crippen molar-refractivity contribution in [3.05, 3.63) is 34.6 Å². The number of nitrogens with zero attached hydrogens (tertiary/aromatic N) is 1. The zero-order valence-corrected chi connectivity index (χ0v) is 10.7. The standard InChI is InChI=1S/C13H15ClFNO2/c14-13-10(2-1-3-11(13)15)8-16-5-4-9(7-16)6-12(17)18/h1-3,9H,4-8H2,(H,17,18). The van der Waals surface area contributed by atoms with Gasteiger partial charge in [0.2, 0.25) is 0 Å². The summed E-state index contributed by atoms with van der Waals surface area (Å²) in [6.45, 7) is 2.15. The summed E-state index contributed by atoms with van der Waals surface area (Å²) in [7, 11) is 0. The molecule has 0 aromatic heterocycles. The lowest BCUT2D eigenvalue weighted by molar-refractivity contribution is -0.138. The summed E-state index contributed by atoms with van der Waals surface area (Å²) >= 11 is 5.90. The molecule has 0 spiro atoms. The number of hydrogen-bond acceptors (Lipinski definition) is 2. The number of carboxylic acid groups (broad SMARTS) is 1. The normalized spacial score (nSPS) is 20.2. The fourth-order valence-electron chi connectivity index (χ4n) is 2.38. The first kappa shape index (κ1) is 13.3. The van der Waals surface area contributed by atoms with Gasteiger partial charge in [0.15, 0.2) is 0 Å². The quantitative estimate of drug-likeness (QED) is 0.915. The van der Waals surface area contributed by atoms with Crippen molar-refractivity contribution >= 4 is 17.6 Å². The molecule has 1 unspecified atom stereocenters. The van der Waals surface area contributed by atoms with Crippen LogP contribution in [-0.4, -0.2) is 29.1 Å². The molecule has 1 fully saturated rings. The Labute approximate surface area is 110 Å². The van der Waals surface area contributed by atoms with Crippen LogP contribution in [0.4, 0.5) is 4.39 Å². The second-order valence-electron chi connectivity index (χ2n) is 4.70. The Morgan fingerprint density at radius 2 is 2.33 bits per heavy atom. The van der Waals surface area contributed by atoms with Crippen LogP contribution in [0.25, 0.3) is 0 Å². The lowest BCUT2D eigenvalue weighted by Crippen LogP contribution is -2.21. The zero-order valence-electron chi connectivity index (χ0n) is 9.90. The van der Waals surface area contributed by atoms with Crippen molar-refractivity contribution in [3.63, 3.8) is 0 Å². The number of rotatable bonds is 4. The average molecular weight is 272 g/mol. The fourth-order valence-corrected chi connectivity index (χ4v) is 2.57. The molecule has 1 aromatic rings. The Morgan fingerprint density at radius 3 is 3.06 bits per heavy atom. The number of aliphatic carboxylic acids is 1. The molecule has 1 aromatic carbocycles. The molecule has 1 saturated heterocycles. The van der Waals surface area contributed by atoms with E-state index in [-0.39, 0.29) is 17.4 Å². The summed E-state index contributed by atoms with van der Waals surface area (Å²) in [5, 5.41) is 8.91. The summed E-state index contributed by atoms with van der Waals surface area (Å²) in [5.41, 5.74) is 0.757. The second-order valence-corrected chi connectivity index (χ2v) is 5.08. The van der Waals surface area contributed by atoms with E-state index < -0.39 is 11.8 Å². The van der Waals surface area contributed by atoms with Crippen molar-refractivity contribution in [1.29, 1.82) is 0 Å². The fraction of sp³-hybridized carbons (Fsp3) is 0.462. The molecule has 1 aliphatic rings. The topological polar surface area (TPSA) is 40.5 Å². The second kappa shape index (κ2) is 5.67. The smallest absolute Gasteiger partial charge is 0.303 e. The minimum atomic E-state index is -0.759. The first-order valence-electron chi connectivity index (χ1n) is 5.93. The van der Waals surface area contributed by atoms with Crippen LogP contribution in [0.5, 0.6) is 0 Å². The molecule has 0 amide bonds. The molecule has 18 heavy (non-hydrogen) atoms. The van der Waals surface area contributed by atoms with Gasteiger partial charge in [0.25, 0.3) is 0 Å². The highest BCUT2D eigenvalue weighted by Crippen LogP contribution is 2.25. The molecule has 0 radical (unpaired) electrons. The highest BCUT2D eigenvalue weighted by Gasteiger charge is 2.25. The first-order valence-corrected chi connectivity index (χ1v) is 6.31. The Morgan fingerprint density at radius 1 is 1.56 bits per heavy atom. The van der Waals surface area contributed by atoms with Gasteiger partial charge in [0.1, 0.15) is 5.82 Å². The van der Waals surface area contributed by atoms with Gasteiger partial charge in [-0.05, 0) is 30.5 Å². The molecule has 0 saturated carbocycles. The molecule has 98 valence electrons. The van der Waals surface area contributed by atoms with Crippen LogP contribution in [-0.2, 0) is 11.3 Å². The monoisotopic (exact) mass is 271 g/mol. The summed E-state index contributed by atoms with van der Waals surface area (Å²) in [6, 6.07) is 4.78. The molecule has 1 aliphatic heterocycles. The van der Waals surface area contributed by atoms with Crippen molar-refractivity contribution in [1.82, 2.24) is 4.90 Å². The number of hydrogen-bond donors (Lipinski definition) is 1. The van der Waals surface area contributed by atoms with Gasteiger partial charge in [0, 0.05) is 19.5 Å². The van der Waals surface area contributed by atoms with Crippen LogP contribution >= 0.6 is 11.6 Å². The highest BCUT2D eigenvalue weighted by molar-refractivity contribution is 6.31. The van der Waals surface area contributed by atoms with Crippen LogP contribution in [0.3, 0.4) is 0 Å². The van der Waals surface area contributed by atoms with Crippen LogP contribution in [0.2, 0.25) is 5.02 Å². The third-order valence-corrected chi connectivity index (χ3v) is 3.68. The van der Waals surface area contributed by atoms with Crippen molar-refractivity contribution in [2.75, 3.05) is 13.1 Å². The van der Waals surface area contributed by atoms with Crippen molar-refractivity contribution < 1.29 is 14.3 Å². The molecule has 2 rings (SSSR count). The Bertz CT molecular complexity index is 453. The van der Waals surface area contributed by atoms with E-state index in [1.54, 1.807) is 12.1 Å². The van der Waals surface area contributed by atoms with E-state index >= 15 is 0 Å². The van der Waals surface area contributed by atoms with Gasteiger partial charge in [-0.3, -0.25) is 9.69 Å². The lowest BCUT2D eigenvalue weighted by atomic mass is 10.1. The molecule has 0 aliphatic carbocycles. The molecule has 3 nitrogen and oxygen atoms in total. The number of carboxylic acids is 1. The zero-order chi connectivity index (χ0) is 13.1. The van der Waals surface area contributed by atoms with Crippen molar-refractivity contribution in [2.24, 2.45) is 5.92 Å². The summed E-state index contributed by atoms with van der Waals surface area (Å²) in [4.78, 5) is 12.7. The maximum atomic E-state index is 13.3. The van der Waals surface area contributed by atoms with Crippen LogP contribution in [0, 0.1) is 11.7 Å². The van der Waals surface area contributed by atoms with Crippen LogP contribution < -0.4 is 0 Å².